The van der Waals surface area contributed by atoms with Crippen molar-refractivity contribution >= 4 is 36.6 Å². The number of hydrogen-bond donors (Lipinski definition) is 1. The number of aromatic nitrogens is 2. The fraction of sp³-hybridized carbons (Fsp3) is 0.429. The normalized spacial score (nSPS) is 14.4. The number of carbonyl (C=O) groups excluding carboxylic acids is 2. The van der Waals surface area contributed by atoms with Crippen molar-refractivity contribution in [2.45, 2.75) is 58.4 Å². The molecule has 3 aromatic rings. The molecule has 2 amide bonds. The first-order chi connectivity index (χ1) is 18.4. The summed E-state index contributed by atoms with van der Waals surface area (Å²) < 4.78 is 18.5. The van der Waals surface area contributed by atoms with Gasteiger partial charge in [-0.15, -0.1) is 11.3 Å². The molecule has 0 aliphatic carbocycles. The third-order valence-corrected chi connectivity index (χ3v) is 12.2. The molecule has 0 spiro atoms. The Bertz CT molecular complexity index is 1290. The molecule has 1 fully saturated rings. The van der Waals surface area contributed by atoms with Gasteiger partial charge < -0.3 is 18.8 Å². The van der Waals surface area contributed by atoms with Gasteiger partial charge in [-0.2, -0.15) is 0 Å². The zero-order chi connectivity index (χ0) is 28.2. The molecule has 11 heteroatoms. The molecule has 0 bridgehead atoms. The minimum absolute atomic E-state index is 0.0363. The summed E-state index contributed by atoms with van der Waals surface area (Å²) in [5.41, 5.74) is 0.859. The average Bonchev–Trinajstić information content (AvgIpc) is 3.34. The Morgan fingerprint density at radius 2 is 1.85 bits per heavy atom. The van der Waals surface area contributed by atoms with Gasteiger partial charge in [0, 0.05) is 48.6 Å². The van der Waals surface area contributed by atoms with E-state index in [0.717, 1.165) is 19.5 Å². The van der Waals surface area contributed by atoms with E-state index in [1.165, 1.54) is 17.5 Å². The van der Waals surface area contributed by atoms with Crippen LogP contribution in [0.15, 0.2) is 48.1 Å². The van der Waals surface area contributed by atoms with Crippen molar-refractivity contribution in [3.63, 3.8) is 0 Å². The Hall–Kier alpha value is -3.28. The van der Waals surface area contributed by atoms with Gasteiger partial charge in [-0.05, 0) is 49.7 Å². The lowest BCUT2D eigenvalue weighted by atomic mass is 10.1. The molecule has 2 aromatic heterocycles. The van der Waals surface area contributed by atoms with E-state index in [0.29, 0.717) is 40.2 Å². The number of carbonyl (C=O) groups is 2. The van der Waals surface area contributed by atoms with Crippen LogP contribution in [-0.2, 0) is 4.43 Å². The highest BCUT2D eigenvalue weighted by Crippen LogP contribution is 2.37. The minimum Gasteiger partial charge on any atom is -0.488 e. The monoisotopic (exact) mass is 568 g/mol. The second kappa shape index (κ2) is 11.8. The molecule has 39 heavy (non-hydrogen) atoms. The van der Waals surface area contributed by atoms with Crippen LogP contribution in [0.5, 0.6) is 17.4 Å². The smallest absolute Gasteiger partial charge is 0.257 e. The summed E-state index contributed by atoms with van der Waals surface area (Å²) in [6.07, 6.45) is 3.90. The maximum atomic E-state index is 13.0. The van der Waals surface area contributed by atoms with Crippen LogP contribution in [0.2, 0.25) is 18.1 Å². The molecule has 1 unspecified atom stereocenters. The van der Waals surface area contributed by atoms with Crippen LogP contribution in [0.3, 0.4) is 0 Å². The maximum Gasteiger partial charge on any atom is 0.257 e. The van der Waals surface area contributed by atoms with E-state index in [2.05, 4.69) is 49.1 Å². The highest BCUT2D eigenvalue weighted by atomic mass is 32.1. The number of pyridine rings is 1. The first-order valence-electron chi connectivity index (χ1n) is 13.0. The largest absolute Gasteiger partial charge is 0.488 e. The quantitative estimate of drug-likeness (QED) is 0.290. The molecule has 1 aromatic carbocycles. The number of rotatable bonds is 10. The number of nitrogens with zero attached hydrogens (tertiary/aromatic N) is 3. The van der Waals surface area contributed by atoms with Gasteiger partial charge in [0.15, 0.2) is 13.4 Å². The molecule has 1 saturated heterocycles. The van der Waals surface area contributed by atoms with Gasteiger partial charge in [-0.1, -0.05) is 20.8 Å². The summed E-state index contributed by atoms with van der Waals surface area (Å²) in [4.78, 5) is 35.7. The van der Waals surface area contributed by atoms with Crippen molar-refractivity contribution in [1.29, 1.82) is 0 Å². The predicted octanol–water partition coefficient (Wildman–Crippen LogP) is 6.22. The third-order valence-electron chi connectivity index (χ3n) is 6.97. The van der Waals surface area contributed by atoms with Gasteiger partial charge in [0.1, 0.15) is 17.6 Å². The average molecular weight is 569 g/mol. The lowest BCUT2D eigenvalue weighted by Crippen LogP contribution is -2.43. The van der Waals surface area contributed by atoms with Crippen molar-refractivity contribution in [2.75, 3.05) is 25.0 Å². The van der Waals surface area contributed by atoms with Crippen LogP contribution in [0.25, 0.3) is 0 Å². The van der Waals surface area contributed by atoms with Crippen LogP contribution in [0, 0.1) is 0 Å². The van der Waals surface area contributed by atoms with Gasteiger partial charge >= 0.3 is 0 Å². The van der Waals surface area contributed by atoms with E-state index in [9.17, 15) is 9.59 Å². The Labute approximate surface area is 234 Å². The standard InChI is InChI=1S/C28H36N4O5SSi/c1-19(18-35-39(5,6)28(2,3)4)36-22-14-21(25(33)31-27-29-10-13-38-27)15-23(16-22)37-24-9-8-20(17-30-24)26(34)32-11-7-12-32/h8-10,13-17,19H,7,11-12,18H2,1-6H3,(H,29,31,33). The molecule has 9 nitrogen and oxygen atoms in total. The Morgan fingerprint density at radius 3 is 2.44 bits per heavy atom. The molecule has 1 N–H and O–H groups in total. The number of benzene rings is 1. The van der Waals surface area contributed by atoms with Crippen LogP contribution >= 0.6 is 11.3 Å². The Balaban J connectivity index is 1.51. The van der Waals surface area contributed by atoms with Gasteiger partial charge in [-0.25, -0.2) is 9.97 Å². The molecular formula is C28H36N4O5SSi. The zero-order valence-electron chi connectivity index (χ0n) is 23.3. The number of hydrogen-bond acceptors (Lipinski definition) is 8. The molecular weight excluding hydrogens is 532 g/mol. The number of ether oxygens (including phenoxy) is 2. The predicted molar refractivity (Wildman–Crippen MR) is 155 cm³/mol. The van der Waals surface area contributed by atoms with Crippen molar-refractivity contribution in [3.05, 3.63) is 59.2 Å². The summed E-state index contributed by atoms with van der Waals surface area (Å²) in [7, 11) is -1.94. The van der Waals surface area contributed by atoms with Gasteiger partial charge in [0.05, 0.1) is 12.2 Å². The molecule has 1 aliphatic heterocycles. The second-order valence-corrected chi connectivity index (χ2v) is 16.8. The summed E-state index contributed by atoms with van der Waals surface area (Å²) in [5, 5.41) is 5.16. The third kappa shape index (κ3) is 7.43. The first-order valence-corrected chi connectivity index (χ1v) is 16.8. The zero-order valence-corrected chi connectivity index (χ0v) is 25.1. The molecule has 1 atom stereocenters. The molecule has 0 saturated carbocycles. The van der Waals surface area contributed by atoms with Gasteiger partial charge in [-0.3, -0.25) is 14.9 Å². The molecule has 3 heterocycles. The van der Waals surface area contributed by atoms with Crippen LogP contribution in [0.4, 0.5) is 5.13 Å². The van der Waals surface area contributed by atoms with E-state index < -0.39 is 8.32 Å². The number of amides is 2. The second-order valence-electron chi connectivity index (χ2n) is 11.1. The van der Waals surface area contributed by atoms with E-state index in [1.807, 2.05) is 6.92 Å². The summed E-state index contributed by atoms with van der Waals surface area (Å²) >= 11 is 1.33. The van der Waals surface area contributed by atoms with Gasteiger partial charge in [0.2, 0.25) is 5.88 Å². The van der Waals surface area contributed by atoms with Crippen molar-refractivity contribution in [3.8, 4) is 17.4 Å². The van der Waals surface area contributed by atoms with Crippen LogP contribution < -0.4 is 14.8 Å². The van der Waals surface area contributed by atoms with E-state index in [-0.39, 0.29) is 23.0 Å². The molecule has 0 radical (unpaired) electrons. The van der Waals surface area contributed by atoms with Crippen molar-refractivity contribution in [1.82, 2.24) is 14.9 Å². The fourth-order valence-electron chi connectivity index (χ4n) is 3.48. The highest BCUT2D eigenvalue weighted by molar-refractivity contribution is 7.13. The fourth-order valence-corrected chi connectivity index (χ4v) is 5.09. The van der Waals surface area contributed by atoms with E-state index in [1.54, 1.807) is 46.8 Å². The Kier molecular flexibility index (Phi) is 8.72. The minimum atomic E-state index is -1.94. The first kappa shape index (κ1) is 28.7. The van der Waals surface area contributed by atoms with Crippen molar-refractivity contribution in [2.24, 2.45) is 0 Å². The topological polar surface area (TPSA) is 103 Å². The number of likely N-dealkylation sites (tertiary alicyclic amines) is 1. The summed E-state index contributed by atoms with van der Waals surface area (Å²) in [6.45, 7) is 14.9. The summed E-state index contributed by atoms with van der Waals surface area (Å²) in [6, 6.07) is 8.34. The summed E-state index contributed by atoms with van der Waals surface area (Å²) in [5.74, 6) is 0.767. The van der Waals surface area contributed by atoms with Crippen LogP contribution in [-0.4, -0.2) is 60.8 Å². The van der Waals surface area contributed by atoms with Gasteiger partial charge in [0.25, 0.3) is 11.8 Å². The number of anilines is 1. The van der Waals surface area contributed by atoms with E-state index >= 15 is 0 Å². The molecule has 208 valence electrons. The lowest BCUT2D eigenvalue weighted by molar-refractivity contribution is 0.0651. The Morgan fingerprint density at radius 1 is 1.10 bits per heavy atom. The number of nitrogens with one attached hydrogen (secondary N) is 1. The maximum absolute atomic E-state index is 13.0. The lowest BCUT2D eigenvalue weighted by Gasteiger charge is -2.36. The highest BCUT2D eigenvalue weighted by Gasteiger charge is 2.37. The van der Waals surface area contributed by atoms with Crippen LogP contribution in [0.1, 0.15) is 54.8 Å². The number of thiazole rings is 1. The molecule has 4 rings (SSSR count). The molecule has 1 aliphatic rings. The van der Waals surface area contributed by atoms with E-state index in [4.69, 9.17) is 13.9 Å². The van der Waals surface area contributed by atoms with Crippen molar-refractivity contribution < 1.29 is 23.5 Å². The SMILES string of the molecule is CC(CO[Si](C)(C)C(C)(C)C)Oc1cc(Oc2ccc(C(=O)N3CCC3)cn2)cc(C(=O)Nc2nccs2)c1.